The molecule has 1 amide bonds. The fourth-order valence-electron chi connectivity index (χ4n) is 4.02. The van der Waals surface area contributed by atoms with Crippen molar-refractivity contribution in [2.45, 2.75) is 65.1 Å². The number of aromatic nitrogens is 2. The van der Waals surface area contributed by atoms with E-state index in [9.17, 15) is 9.59 Å². The molecule has 0 unspecified atom stereocenters. The molecule has 2 aromatic rings. The van der Waals surface area contributed by atoms with Gasteiger partial charge in [-0.2, -0.15) is 5.10 Å². The molecule has 0 radical (unpaired) electrons. The molecule has 1 fully saturated rings. The number of piperidine rings is 1. The molecule has 29 heavy (non-hydrogen) atoms. The SMILES string of the molecule is Cc1ccc(-c2ccc(=O)n(CCC(=O)NCCN3[C@H](C)CCC[C@H]3C)n2)cc1. The van der Waals surface area contributed by atoms with Crippen LogP contribution in [0.2, 0.25) is 0 Å². The van der Waals surface area contributed by atoms with Gasteiger partial charge in [0.15, 0.2) is 0 Å². The Balaban J connectivity index is 1.51. The normalized spacial score (nSPS) is 19.8. The molecular formula is C23H32N4O2. The van der Waals surface area contributed by atoms with Gasteiger partial charge in [0.2, 0.25) is 5.91 Å². The summed E-state index contributed by atoms with van der Waals surface area (Å²) in [5.74, 6) is -0.0447. The fraction of sp³-hybridized carbons (Fsp3) is 0.522. The number of carbonyl (C=O) groups excluding carboxylic acids is 1. The van der Waals surface area contributed by atoms with E-state index in [0.29, 0.717) is 18.6 Å². The first-order chi connectivity index (χ1) is 13.9. The molecule has 1 N–H and O–H groups in total. The predicted octanol–water partition coefficient (Wildman–Crippen LogP) is 2.99. The molecule has 0 saturated carbocycles. The van der Waals surface area contributed by atoms with Crippen molar-refractivity contribution in [2.75, 3.05) is 13.1 Å². The number of aryl methyl sites for hydroxylation is 2. The first-order valence-electron chi connectivity index (χ1n) is 10.6. The van der Waals surface area contributed by atoms with Crippen LogP contribution >= 0.6 is 0 Å². The summed E-state index contributed by atoms with van der Waals surface area (Å²) in [6.45, 7) is 8.34. The van der Waals surface area contributed by atoms with Gasteiger partial charge in [0.1, 0.15) is 0 Å². The van der Waals surface area contributed by atoms with E-state index in [1.54, 1.807) is 6.07 Å². The highest BCUT2D eigenvalue weighted by molar-refractivity contribution is 5.75. The highest BCUT2D eigenvalue weighted by Crippen LogP contribution is 2.21. The quantitative estimate of drug-likeness (QED) is 0.781. The molecular weight excluding hydrogens is 364 g/mol. The maximum absolute atomic E-state index is 12.3. The Morgan fingerprint density at radius 3 is 2.45 bits per heavy atom. The van der Waals surface area contributed by atoms with E-state index in [4.69, 9.17) is 0 Å². The number of benzene rings is 1. The first-order valence-corrected chi connectivity index (χ1v) is 10.6. The molecule has 6 nitrogen and oxygen atoms in total. The van der Waals surface area contributed by atoms with Gasteiger partial charge in [-0.25, -0.2) is 4.68 Å². The van der Waals surface area contributed by atoms with Gasteiger partial charge >= 0.3 is 0 Å². The summed E-state index contributed by atoms with van der Waals surface area (Å²) in [5, 5.41) is 7.42. The van der Waals surface area contributed by atoms with Crippen LogP contribution in [0.4, 0.5) is 0 Å². The second kappa shape index (κ2) is 9.83. The molecule has 3 rings (SSSR count). The van der Waals surface area contributed by atoms with Crippen molar-refractivity contribution in [1.29, 1.82) is 0 Å². The van der Waals surface area contributed by atoms with Gasteiger partial charge < -0.3 is 5.32 Å². The number of amides is 1. The van der Waals surface area contributed by atoms with E-state index in [1.165, 1.54) is 35.6 Å². The van der Waals surface area contributed by atoms with Crippen LogP contribution in [0.3, 0.4) is 0 Å². The molecule has 1 aliphatic rings. The number of rotatable bonds is 7. The van der Waals surface area contributed by atoms with Crippen LogP contribution in [0, 0.1) is 6.92 Å². The molecule has 156 valence electrons. The average molecular weight is 397 g/mol. The van der Waals surface area contributed by atoms with E-state index in [-0.39, 0.29) is 24.4 Å². The maximum Gasteiger partial charge on any atom is 0.266 e. The zero-order valence-corrected chi connectivity index (χ0v) is 17.7. The zero-order valence-electron chi connectivity index (χ0n) is 17.7. The van der Waals surface area contributed by atoms with Crippen molar-refractivity contribution in [2.24, 2.45) is 0 Å². The van der Waals surface area contributed by atoms with E-state index >= 15 is 0 Å². The molecule has 0 bridgehead atoms. The Labute approximate surface area is 172 Å². The number of carbonyl (C=O) groups is 1. The van der Waals surface area contributed by atoms with E-state index < -0.39 is 0 Å². The maximum atomic E-state index is 12.3. The smallest absolute Gasteiger partial charge is 0.266 e. The number of hydrogen-bond acceptors (Lipinski definition) is 4. The van der Waals surface area contributed by atoms with Gasteiger partial charge in [0.25, 0.3) is 5.56 Å². The Hall–Kier alpha value is -2.47. The molecule has 2 atom stereocenters. The topological polar surface area (TPSA) is 67.2 Å². The van der Waals surface area contributed by atoms with E-state index in [1.807, 2.05) is 31.2 Å². The van der Waals surface area contributed by atoms with Crippen LogP contribution in [0.15, 0.2) is 41.2 Å². The fourth-order valence-corrected chi connectivity index (χ4v) is 4.02. The highest BCUT2D eigenvalue weighted by atomic mass is 16.2. The van der Waals surface area contributed by atoms with Gasteiger partial charge in [-0.3, -0.25) is 14.5 Å². The molecule has 0 spiro atoms. The van der Waals surface area contributed by atoms with E-state index in [2.05, 4.69) is 29.2 Å². The van der Waals surface area contributed by atoms with Crippen LogP contribution in [0.1, 0.15) is 45.1 Å². The Kier molecular flexibility index (Phi) is 7.20. The van der Waals surface area contributed by atoms with Crippen molar-refractivity contribution in [3.8, 4) is 11.3 Å². The molecule has 6 heteroatoms. The third kappa shape index (κ3) is 5.76. The van der Waals surface area contributed by atoms with Gasteiger partial charge in [0.05, 0.1) is 12.2 Å². The standard InChI is InChI=1S/C23H32N4O2/c1-17-7-9-20(10-8-17)21-11-12-23(29)27(25-21)15-13-22(28)24-14-16-26-18(2)5-4-6-19(26)3/h7-12,18-19H,4-6,13-16H2,1-3H3,(H,24,28)/t18-,19-/m1/s1. The Bertz CT molecular complexity index is 865. The largest absolute Gasteiger partial charge is 0.355 e. The summed E-state index contributed by atoms with van der Waals surface area (Å²) in [5.41, 5.74) is 2.67. The monoisotopic (exact) mass is 396 g/mol. The second-order valence-corrected chi connectivity index (χ2v) is 8.11. The molecule has 1 aliphatic heterocycles. The van der Waals surface area contributed by atoms with Gasteiger partial charge in [-0.15, -0.1) is 0 Å². The average Bonchev–Trinajstić information content (AvgIpc) is 2.70. The van der Waals surface area contributed by atoms with Crippen molar-refractivity contribution in [3.05, 3.63) is 52.3 Å². The summed E-state index contributed by atoms with van der Waals surface area (Å²) in [4.78, 5) is 26.8. The molecule has 0 aliphatic carbocycles. The first kappa shape index (κ1) is 21.2. The minimum absolute atomic E-state index is 0.0447. The molecule has 1 aromatic carbocycles. The molecule has 1 aromatic heterocycles. The highest BCUT2D eigenvalue weighted by Gasteiger charge is 2.23. The Morgan fingerprint density at radius 2 is 1.76 bits per heavy atom. The van der Waals surface area contributed by atoms with Crippen LogP contribution in [0.25, 0.3) is 11.3 Å². The lowest BCUT2D eigenvalue weighted by molar-refractivity contribution is -0.121. The number of likely N-dealkylation sites (tertiary alicyclic amines) is 1. The molecule has 1 saturated heterocycles. The van der Waals surface area contributed by atoms with Crippen molar-refractivity contribution in [3.63, 3.8) is 0 Å². The van der Waals surface area contributed by atoms with Crippen molar-refractivity contribution < 1.29 is 4.79 Å². The predicted molar refractivity (Wildman–Crippen MR) is 116 cm³/mol. The summed E-state index contributed by atoms with van der Waals surface area (Å²) in [6, 6.07) is 12.4. The lowest BCUT2D eigenvalue weighted by Crippen LogP contribution is -2.47. The summed E-state index contributed by atoms with van der Waals surface area (Å²) in [7, 11) is 0. The minimum atomic E-state index is -0.190. The minimum Gasteiger partial charge on any atom is -0.355 e. The molecule has 2 heterocycles. The van der Waals surface area contributed by atoms with Crippen molar-refractivity contribution in [1.82, 2.24) is 20.0 Å². The lowest BCUT2D eigenvalue weighted by Gasteiger charge is -2.39. The number of nitrogens with one attached hydrogen (secondary N) is 1. The van der Waals surface area contributed by atoms with Crippen LogP contribution in [0.5, 0.6) is 0 Å². The van der Waals surface area contributed by atoms with Crippen LogP contribution in [-0.4, -0.2) is 45.8 Å². The van der Waals surface area contributed by atoms with Gasteiger partial charge in [0, 0.05) is 43.2 Å². The number of nitrogens with zero attached hydrogens (tertiary/aromatic N) is 3. The number of hydrogen-bond donors (Lipinski definition) is 1. The third-order valence-corrected chi connectivity index (χ3v) is 5.83. The van der Waals surface area contributed by atoms with Crippen LogP contribution < -0.4 is 10.9 Å². The lowest BCUT2D eigenvalue weighted by atomic mass is 9.98. The summed E-state index contributed by atoms with van der Waals surface area (Å²) >= 11 is 0. The van der Waals surface area contributed by atoms with Gasteiger partial charge in [-0.05, 0) is 39.7 Å². The van der Waals surface area contributed by atoms with E-state index in [0.717, 1.165) is 17.8 Å². The Morgan fingerprint density at radius 1 is 1.07 bits per heavy atom. The summed E-state index contributed by atoms with van der Waals surface area (Å²) in [6.07, 6.45) is 3.98. The van der Waals surface area contributed by atoms with Crippen molar-refractivity contribution >= 4 is 5.91 Å². The second-order valence-electron chi connectivity index (χ2n) is 8.11. The third-order valence-electron chi connectivity index (χ3n) is 5.83. The zero-order chi connectivity index (χ0) is 20.8. The van der Waals surface area contributed by atoms with Gasteiger partial charge in [-0.1, -0.05) is 36.2 Å². The summed E-state index contributed by atoms with van der Waals surface area (Å²) < 4.78 is 1.38. The van der Waals surface area contributed by atoms with Crippen LogP contribution in [-0.2, 0) is 11.3 Å².